The molecule has 9 heteroatoms. The fourth-order valence-corrected chi connectivity index (χ4v) is 7.62. The monoisotopic (exact) mass is 492 g/mol. The molecule has 2 aromatic rings. The van der Waals surface area contributed by atoms with Crippen LogP contribution in [0.2, 0.25) is 0 Å². The number of nitrogens with zero attached hydrogens (tertiary/aromatic N) is 1. The Balaban J connectivity index is 1.42. The van der Waals surface area contributed by atoms with E-state index in [0.29, 0.717) is 30.1 Å². The summed E-state index contributed by atoms with van der Waals surface area (Å²) in [5.74, 6) is 0.460. The number of amides is 1. The van der Waals surface area contributed by atoms with Crippen LogP contribution < -0.4 is 15.0 Å². The first-order valence-corrected chi connectivity index (χ1v) is 14.1. The minimum absolute atomic E-state index is 0.0454. The minimum atomic E-state index is -3.53. The first-order chi connectivity index (χ1) is 16.0. The lowest BCUT2D eigenvalue weighted by Gasteiger charge is -2.33. The molecule has 2 atom stereocenters. The number of rotatable bonds is 8. The molecule has 2 aliphatic rings. The number of quaternary nitrogens is 1. The molecule has 2 unspecified atom stereocenters. The van der Waals surface area contributed by atoms with Crippen molar-refractivity contribution in [1.82, 2.24) is 9.62 Å². The molecule has 0 saturated carbocycles. The first-order valence-electron chi connectivity index (χ1n) is 11.8. The van der Waals surface area contributed by atoms with Crippen LogP contribution in [0.4, 0.5) is 0 Å². The molecule has 1 amide bonds. The highest BCUT2D eigenvalue weighted by Crippen LogP contribution is 2.26. The Morgan fingerprint density at radius 1 is 1.18 bits per heavy atom. The van der Waals surface area contributed by atoms with Gasteiger partial charge in [-0.3, -0.25) is 4.79 Å². The molecule has 2 saturated heterocycles. The zero-order chi connectivity index (χ0) is 23.3. The van der Waals surface area contributed by atoms with E-state index in [0.717, 1.165) is 18.8 Å². The maximum absolute atomic E-state index is 13.1. The average molecular weight is 493 g/mol. The molecule has 0 radical (unpaired) electrons. The lowest BCUT2D eigenvalue weighted by atomic mass is 9.97. The Morgan fingerprint density at radius 3 is 2.61 bits per heavy atom. The third-order valence-electron chi connectivity index (χ3n) is 6.83. The summed E-state index contributed by atoms with van der Waals surface area (Å²) in [5.41, 5.74) is 1.19. The summed E-state index contributed by atoms with van der Waals surface area (Å²) >= 11 is 1.22. The van der Waals surface area contributed by atoms with Gasteiger partial charge in [0.15, 0.2) is 0 Å². The van der Waals surface area contributed by atoms with E-state index >= 15 is 0 Å². The van der Waals surface area contributed by atoms with Crippen LogP contribution in [0.3, 0.4) is 0 Å². The van der Waals surface area contributed by atoms with Gasteiger partial charge in [-0.05, 0) is 67.8 Å². The normalized spacial score (nSPS) is 21.4. The SMILES string of the molecule is COc1ccc(C(CNC(=O)C2CCCN(S(=O)(=O)c3cccs3)C2)[NH+]2CCCCC2)cc1. The number of ether oxygens (including phenoxy) is 1. The Kier molecular flexibility index (Phi) is 8.06. The van der Waals surface area contributed by atoms with E-state index in [1.165, 1.54) is 45.4 Å². The Hall–Kier alpha value is -1.94. The van der Waals surface area contributed by atoms with E-state index in [1.807, 2.05) is 12.1 Å². The van der Waals surface area contributed by atoms with Gasteiger partial charge in [0, 0.05) is 18.7 Å². The topological polar surface area (TPSA) is 80.2 Å². The van der Waals surface area contributed by atoms with Gasteiger partial charge in [-0.25, -0.2) is 8.42 Å². The predicted octanol–water partition coefficient (Wildman–Crippen LogP) is 2.08. The summed E-state index contributed by atoms with van der Waals surface area (Å²) < 4.78 is 33.0. The number of piperidine rings is 2. The molecular weight excluding hydrogens is 458 g/mol. The van der Waals surface area contributed by atoms with Crippen LogP contribution in [-0.4, -0.2) is 58.5 Å². The van der Waals surface area contributed by atoms with Gasteiger partial charge in [0.05, 0.1) is 32.7 Å². The van der Waals surface area contributed by atoms with Gasteiger partial charge in [0.2, 0.25) is 5.91 Å². The zero-order valence-electron chi connectivity index (χ0n) is 19.2. The van der Waals surface area contributed by atoms with Crippen molar-refractivity contribution in [2.75, 3.05) is 39.8 Å². The highest BCUT2D eigenvalue weighted by molar-refractivity contribution is 7.91. The number of thiophene rings is 1. The van der Waals surface area contributed by atoms with E-state index in [9.17, 15) is 13.2 Å². The standard InChI is InChI=1S/C24H33N3O4S2/c1-31-21-11-9-19(10-12-21)22(26-13-3-2-4-14-26)17-25-24(28)20-7-5-15-27(18-20)33(29,30)23-8-6-16-32-23/h6,8-12,16,20,22H,2-5,7,13-15,17-18H2,1H3,(H,25,28)/p+1. The zero-order valence-corrected chi connectivity index (χ0v) is 20.8. The summed E-state index contributed by atoms with van der Waals surface area (Å²) in [4.78, 5) is 14.6. The Morgan fingerprint density at radius 2 is 1.94 bits per heavy atom. The molecule has 0 bridgehead atoms. The molecule has 3 heterocycles. The smallest absolute Gasteiger partial charge is 0.252 e. The van der Waals surface area contributed by atoms with Gasteiger partial charge in [0.1, 0.15) is 16.0 Å². The van der Waals surface area contributed by atoms with Gasteiger partial charge >= 0.3 is 0 Å². The number of methoxy groups -OCH3 is 1. The molecule has 2 aliphatic heterocycles. The summed E-state index contributed by atoms with van der Waals surface area (Å²) in [7, 11) is -1.87. The van der Waals surface area contributed by atoms with Crippen molar-refractivity contribution in [1.29, 1.82) is 0 Å². The number of sulfonamides is 1. The molecule has 1 aromatic carbocycles. The largest absolute Gasteiger partial charge is 0.497 e. The van der Waals surface area contributed by atoms with Gasteiger partial charge in [-0.1, -0.05) is 6.07 Å². The van der Waals surface area contributed by atoms with Crippen LogP contribution >= 0.6 is 11.3 Å². The quantitative estimate of drug-likeness (QED) is 0.591. The van der Waals surface area contributed by atoms with Crippen LogP contribution in [-0.2, 0) is 14.8 Å². The van der Waals surface area contributed by atoms with Crippen molar-refractivity contribution in [3.05, 3.63) is 47.3 Å². The molecule has 0 spiro atoms. The molecule has 180 valence electrons. The molecule has 2 fully saturated rings. The van der Waals surface area contributed by atoms with E-state index in [4.69, 9.17) is 4.74 Å². The van der Waals surface area contributed by atoms with Crippen LogP contribution in [0.15, 0.2) is 46.0 Å². The Labute approximate surface area is 200 Å². The van der Waals surface area contributed by atoms with Gasteiger partial charge < -0.3 is 15.0 Å². The fourth-order valence-electron chi connectivity index (χ4n) is 4.95. The highest BCUT2D eigenvalue weighted by atomic mass is 32.2. The summed E-state index contributed by atoms with van der Waals surface area (Å²) in [5, 5.41) is 4.94. The summed E-state index contributed by atoms with van der Waals surface area (Å²) in [6.45, 7) is 3.46. The number of likely N-dealkylation sites (tertiary alicyclic amines) is 1. The van der Waals surface area contributed by atoms with E-state index < -0.39 is 10.0 Å². The summed E-state index contributed by atoms with van der Waals surface area (Å²) in [6.07, 6.45) is 5.08. The summed E-state index contributed by atoms with van der Waals surface area (Å²) in [6, 6.07) is 11.7. The molecule has 7 nitrogen and oxygen atoms in total. The number of hydrogen-bond donors (Lipinski definition) is 2. The van der Waals surface area contributed by atoms with Crippen LogP contribution in [0.25, 0.3) is 0 Å². The third kappa shape index (κ3) is 5.77. The van der Waals surface area contributed by atoms with Crippen LogP contribution in [0, 0.1) is 5.92 Å². The van der Waals surface area contributed by atoms with E-state index in [-0.39, 0.29) is 24.4 Å². The number of carbonyl (C=O) groups excluding carboxylic acids is 1. The number of nitrogens with one attached hydrogen (secondary N) is 2. The Bertz CT molecular complexity index is 1000. The highest BCUT2D eigenvalue weighted by Gasteiger charge is 2.34. The van der Waals surface area contributed by atoms with Crippen LogP contribution in [0.1, 0.15) is 43.7 Å². The molecule has 2 N–H and O–H groups in total. The second-order valence-electron chi connectivity index (χ2n) is 8.92. The van der Waals surface area contributed by atoms with Gasteiger partial charge in [-0.2, -0.15) is 4.31 Å². The average Bonchev–Trinajstić information content (AvgIpc) is 3.41. The maximum Gasteiger partial charge on any atom is 0.252 e. The molecule has 1 aromatic heterocycles. The lowest BCUT2D eigenvalue weighted by molar-refractivity contribution is -0.935. The third-order valence-corrected chi connectivity index (χ3v) is 10.1. The van der Waals surface area contributed by atoms with Crippen molar-refractivity contribution < 1.29 is 22.8 Å². The number of benzene rings is 1. The number of hydrogen-bond acceptors (Lipinski definition) is 5. The molecule has 0 aliphatic carbocycles. The minimum Gasteiger partial charge on any atom is -0.497 e. The van der Waals surface area contributed by atoms with Crippen molar-refractivity contribution in [2.45, 2.75) is 42.4 Å². The van der Waals surface area contributed by atoms with Crippen molar-refractivity contribution in [2.24, 2.45) is 5.92 Å². The van der Waals surface area contributed by atoms with Crippen LogP contribution in [0.5, 0.6) is 5.75 Å². The van der Waals surface area contributed by atoms with E-state index in [1.54, 1.807) is 24.6 Å². The van der Waals surface area contributed by atoms with Crippen molar-refractivity contribution in [3.63, 3.8) is 0 Å². The molecule has 33 heavy (non-hydrogen) atoms. The lowest BCUT2D eigenvalue weighted by Crippen LogP contribution is -3.13. The number of carbonyl (C=O) groups is 1. The molecular formula is C24H34N3O4S2+. The first kappa shape index (κ1) is 24.2. The second-order valence-corrected chi connectivity index (χ2v) is 12.0. The van der Waals surface area contributed by atoms with Gasteiger partial charge in [0.25, 0.3) is 10.0 Å². The van der Waals surface area contributed by atoms with Crippen molar-refractivity contribution in [3.8, 4) is 5.75 Å². The predicted molar refractivity (Wildman–Crippen MR) is 129 cm³/mol. The van der Waals surface area contributed by atoms with Crippen molar-refractivity contribution >= 4 is 27.3 Å². The fraction of sp³-hybridized carbons (Fsp3) is 0.542. The van der Waals surface area contributed by atoms with Gasteiger partial charge in [-0.15, -0.1) is 11.3 Å². The van der Waals surface area contributed by atoms with E-state index in [2.05, 4.69) is 17.4 Å². The second kappa shape index (κ2) is 11.0. The maximum atomic E-state index is 13.1. The molecule has 4 rings (SSSR count).